The van der Waals surface area contributed by atoms with Crippen LogP contribution in [0.25, 0.3) is 10.9 Å². The van der Waals surface area contributed by atoms with Crippen LogP contribution in [-0.4, -0.2) is 36.9 Å². The van der Waals surface area contributed by atoms with Gasteiger partial charge in [-0.1, -0.05) is 48.5 Å². The summed E-state index contributed by atoms with van der Waals surface area (Å²) >= 11 is 0. The molecule has 0 radical (unpaired) electrons. The quantitative estimate of drug-likeness (QED) is 0.337. The minimum atomic E-state index is -0.0919. The first-order chi connectivity index (χ1) is 18.5. The fourth-order valence-corrected chi connectivity index (χ4v) is 4.81. The van der Waals surface area contributed by atoms with E-state index in [0.29, 0.717) is 31.7 Å². The summed E-state index contributed by atoms with van der Waals surface area (Å²) in [5.74, 6) is 2.19. The lowest BCUT2D eigenvalue weighted by Crippen LogP contribution is -2.28. The van der Waals surface area contributed by atoms with Gasteiger partial charge in [0.2, 0.25) is 6.79 Å². The highest BCUT2D eigenvalue weighted by atomic mass is 16.7. The van der Waals surface area contributed by atoms with Gasteiger partial charge in [-0.2, -0.15) is 0 Å². The minimum Gasteiger partial charge on any atom is -0.454 e. The predicted molar refractivity (Wildman–Crippen MR) is 143 cm³/mol. The second-order valence-electron chi connectivity index (χ2n) is 9.67. The van der Waals surface area contributed by atoms with Crippen LogP contribution in [-0.2, 0) is 26.2 Å². The first-order valence-electron chi connectivity index (χ1n) is 12.6. The molecular weight excluding hydrogens is 480 g/mol. The van der Waals surface area contributed by atoms with E-state index in [1.807, 2.05) is 68.4 Å². The van der Waals surface area contributed by atoms with Gasteiger partial charge in [0.05, 0.1) is 18.6 Å². The highest BCUT2D eigenvalue weighted by Crippen LogP contribution is 2.33. The number of pyridine rings is 1. The molecule has 0 amide bonds. The molecule has 9 nitrogen and oxygen atoms in total. The normalized spacial score (nSPS) is 12.5. The van der Waals surface area contributed by atoms with Crippen molar-refractivity contribution in [2.75, 3.05) is 6.79 Å². The van der Waals surface area contributed by atoms with Gasteiger partial charge in [-0.05, 0) is 70.1 Å². The largest absolute Gasteiger partial charge is 0.454 e. The van der Waals surface area contributed by atoms with Crippen LogP contribution in [0.15, 0.2) is 71.5 Å². The average Bonchev–Trinajstić information content (AvgIpc) is 3.57. The maximum Gasteiger partial charge on any atom is 0.252 e. The van der Waals surface area contributed by atoms with Crippen molar-refractivity contribution in [1.82, 2.24) is 30.1 Å². The maximum atomic E-state index is 13.2. The summed E-state index contributed by atoms with van der Waals surface area (Å²) in [4.78, 5) is 18.5. The summed E-state index contributed by atoms with van der Waals surface area (Å²) in [6, 6.07) is 22.1. The predicted octanol–water partition coefficient (Wildman–Crippen LogP) is 4.11. The number of nitrogens with one attached hydrogen (secondary N) is 1. The number of rotatable bonds is 8. The molecule has 3 aromatic carbocycles. The average molecular weight is 509 g/mol. The number of ether oxygens (including phenoxy) is 2. The SMILES string of the molecule is Cc1ccc2cc(CN(Cc3ccc4c(c3)OCO4)Cc3nnnn3Cc3ccccc3)c(=O)[nH]c2c1C. The highest BCUT2D eigenvalue weighted by molar-refractivity contribution is 5.83. The Balaban J connectivity index is 1.32. The lowest BCUT2D eigenvalue weighted by Gasteiger charge is -2.22. The topological polar surface area (TPSA) is 98.2 Å². The number of nitrogens with zero attached hydrogens (tertiary/aromatic N) is 5. The smallest absolute Gasteiger partial charge is 0.252 e. The molecule has 38 heavy (non-hydrogen) atoms. The Labute approximate surface area is 219 Å². The van der Waals surface area contributed by atoms with Crippen molar-refractivity contribution in [1.29, 1.82) is 0 Å². The molecule has 3 heterocycles. The van der Waals surface area contributed by atoms with Gasteiger partial charge in [-0.3, -0.25) is 9.69 Å². The van der Waals surface area contributed by atoms with Crippen LogP contribution in [0.5, 0.6) is 11.5 Å². The van der Waals surface area contributed by atoms with Gasteiger partial charge in [0, 0.05) is 18.7 Å². The third-order valence-electron chi connectivity index (χ3n) is 7.01. The van der Waals surface area contributed by atoms with Crippen LogP contribution in [0.4, 0.5) is 0 Å². The Hall–Kier alpha value is -4.50. The molecule has 6 rings (SSSR count). The molecule has 0 fully saturated rings. The van der Waals surface area contributed by atoms with E-state index in [4.69, 9.17) is 9.47 Å². The van der Waals surface area contributed by atoms with Gasteiger partial charge in [0.25, 0.3) is 5.56 Å². The summed E-state index contributed by atoms with van der Waals surface area (Å²) < 4.78 is 12.9. The molecule has 1 N–H and O–H groups in total. The number of fused-ring (bicyclic) bond motifs is 2. The molecule has 0 saturated carbocycles. The lowest BCUT2D eigenvalue weighted by atomic mass is 10.0. The number of aryl methyl sites for hydroxylation is 2. The van der Waals surface area contributed by atoms with Gasteiger partial charge >= 0.3 is 0 Å². The molecule has 0 saturated heterocycles. The fraction of sp³-hybridized carbons (Fsp3) is 0.241. The Morgan fingerprint density at radius 2 is 1.76 bits per heavy atom. The van der Waals surface area contributed by atoms with Crippen LogP contribution < -0.4 is 15.0 Å². The molecule has 5 aromatic rings. The third kappa shape index (κ3) is 4.88. The summed E-state index contributed by atoms with van der Waals surface area (Å²) in [6.07, 6.45) is 0. The molecule has 192 valence electrons. The van der Waals surface area contributed by atoms with E-state index in [-0.39, 0.29) is 12.4 Å². The van der Waals surface area contributed by atoms with E-state index < -0.39 is 0 Å². The Bertz CT molecular complexity index is 1660. The second kappa shape index (κ2) is 10.1. The molecular formula is C29H28N6O3. The minimum absolute atomic E-state index is 0.0919. The molecule has 9 heteroatoms. The molecule has 2 aromatic heterocycles. The Morgan fingerprint density at radius 1 is 0.921 bits per heavy atom. The van der Waals surface area contributed by atoms with Crippen LogP contribution in [0.3, 0.4) is 0 Å². The Morgan fingerprint density at radius 3 is 2.63 bits per heavy atom. The number of hydrogen-bond donors (Lipinski definition) is 1. The first-order valence-corrected chi connectivity index (χ1v) is 12.6. The van der Waals surface area contributed by atoms with E-state index in [1.54, 1.807) is 4.68 Å². The number of benzene rings is 3. The molecule has 0 aliphatic carbocycles. The lowest BCUT2D eigenvalue weighted by molar-refractivity contribution is 0.174. The first kappa shape index (κ1) is 23.9. The molecule has 1 aliphatic heterocycles. The second-order valence-corrected chi connectivity index (χ2v) is 9.67. The zero-order valence-corrected chi connectivity index (χ0v) is 21.3. The van der Waals surface area contributed by atoms with Crippen molar-refractivity contribution in [3.05, 3.63) is 111 Å². The van der Waals surface area contributed by atoms with Gasteiger partial charge in [0.1, 0.15) is 0 Å². The molecule has 0 unspecified atom stereocenters. The fourth-order valence-electron chi connectivity index (χ4n) is 4.81. The zero-order chi connectivity index (χ0) is 26.1. The van der Waals surface area contributed by atoms with Gasteiger partial charge in [0.15, 0.2) is 17.3 Å². The van der Waals surface area contributed by atoms with Crippen molar-refractivity contribution in [2.24, 2.45) is 0 Å². The van der Waals surface area contributed by atoms with Crippen molar-refractivity contribution in [3.8, 4) is 11.5 Å². The molecule has 1 aliphatic rings. The Kier molecular flexibility index (Phi) is 6.35. The molecule has 0 bridgehead atoms. The number of hydrogen-bond acceptors (Lipinski definition) is 7. The van der Waals surface area contributed by atoms with Crippen LogP contribution in [0, 0.1) is 13.8 Å². The van der Waals surface area contributed by atoms with Gasteiger partial charge in [-0.25, -0.2) is 4.68 Å². The van der Waals surface area contributed by atoms with Crippen LogP contribution in [0.2, 0.25) is 0 Å². The van der Waals surface area contributed by atoms with E-state index in [1.165, 1.54) is 0 Å². The van der Waals surface area contributed by atoms with Gasteiger partial charge in [-0.15, -0.1) is 5.10 Å². The van der Waals surface area contributed by atoms with E-state index in [0.717, 1.165) is 50.5 Å². The van der Waals surface area contributed by atoms with Crippen LogP contribution in [0.1, 0.15) is 33.6 Å². The monoisotopic (exact) mass is 508 g/mol. The summed E-state index contributed by atoms with van der Waals surface area (Å²) in [5, 5.41) is 13.5. The molecule has 0 spiro atoms. The van der Waals surface area contributed by atoms with E-state index >= 15 is 0 Å². The van der Waals surface area contributed by atoms with Crippen molar-refractivity contribution in [2.45, 2.75) is 40.0 Å². The highest BCUT2D eigenvalue weighted by Gasteiger charge is 2.19. The van der Waals surface area contributed by atoms with E-state index in [2.05, 4.69) is 37.5 Å². The zero-order valence-electron chi connectivity index (χ0n) is 21.3. The maximum absolute atomic E-state index is 13.2. The van der Waals surface area contributed by atoms with E-state index in [9.17, 15) is 4.79 Å². The molecule has 0 atom stereocenters. The summed E-state index contributed by atoms with van der Waals surface area (Å²) in [7, 11) is 0. The summed E-state index contributed by atoms with van der Waals surface area (Å²) in [5.41, 5.74) is 5.86. The van der Waals surface area contributed by atoms with Crippen molar-refractivity contribution in [3.63, 3.8) is 0 Å². The number of aromatic nitrogens is 5. The van der Waals surface area contributed by atoms with Crippen molar-refractivity contribution >= 4 is 10.9 Å². The third-order valence-corrected chi connectivity index (χ3v) is 7.01. The summed E-state index contributed by atoms with van der Waals surface area (Å²) in [6.45, 7) is 6.32. The standard InChI is InChI=1S/C29H28N6O3/c1-19-8-10-23-13-24(29(36)30-28(23)20(19)2)16-34(14-22-9-11-25-26(12-22)38-18-37-25)17-27-31-32-33-35(27)15-21-6-4-3-5-7-21/h3-13H,14-18H2,1-2H3,(H,30,36). The number of aromatic amines is 1. The number of tetrazole rings is 1. The van der Waals surface area contributed by atoms with Gasteiger partial charge < -0.3 is 14.5 Å². The van der Waals surface area contributed by atoms with Crippen molar-refractivity contribution < 1.29 is 9.47 Å². The number of H-pyrrole nitrogens is 1. The van der Waals surface area contributed by atoms with Crippen LogP contribution >= 0.6 is 0 Å².